The number of hydrogen-bond acceptors (Lipinski definition) is 4. The zero-order chi connectivity index (χ0) is 13.9. The first kappa shape index (κ1) is 16.3. The van der Waals surface area contributed by atoms with Crippen molar-refractivity contribution in [3.8, 4) is 0 Å². The molecule has 0 fully saturated rings. The van der Waals surface area contributed by atoms with Crippen LogP contribution in [0.5, 0.6) is 0 Å². The van der Waals surface area contributed by atoms with Gasteiger partial charge in [0.2, 0.25) is 10.0 Å². The van der Waals surface area contributed by atoms with Gasteiger partial charge >= 0.3 is 5.97 Å². The molecule has 4 N–H and O–H groups in total. The lowest BCUT2D eigenvalue weighted by atomic mass is 9.92. The van der Waals surface area contributed by atoms with Gasteiger partial charge in [0.25, 0.3) is 0 Å². The number of aliphatic carboxylic acids is 1. The molecule has 0 saturated carbocycles. The largest absolute Gasteiger partial charge is 0.480 e. The molecular formula is C10H22N2O4S. The number of sulfonamides is 1. The molecule has 0 radical (unpaired) electrons. The highest BCUT2D eigenvalue weighted by molar-refractivity contribution is 7.90. The second kappa shape index (κ2) is 5.79. The molecule has 7 heteroatoms. The van der Waals surface area contributed by atoms with Gasteiger partial charge < -0.3 is 10.8 Å². The Morgan fingerprint density at radius 3 is 2.18 bits per heavy atom. The minimum atomic E-state index is -3.90. The molecule has 0 aromatic carbocycles. The van der Waals surface area contributed by atoms with E-state index < -0.39 is 26.8 Å². The molecule has 0 saturated heterocycles. The summed E-state index contributed by atoms with van der Waals surface area (Å²) in [5.41, 5.74) is 4.76. The first-order valence-electron chi connectivity index (χ1n) is 5.50. The van der Waals surface area contributed by atoms with Crippen LogP contribution in [0.4, 0.5) is 0 Å². The molecule has 2 unspecified atom stereocenters. The molecule has 0 rings (SSSR count). The number of nitrogens with one attached hydrogen (secondary N) is 1. The number of carbonyl (C=O) groups is 1. The average Bonchev–Trinajstić information content (AvgIpc) is 2.14. The smallest absolute Gasteiger partial charge is 0.323 e. The quantitative estimate of drug-likeness (QED) is 0.607. The predicted octanol–water partition coefficient (Wildman–Crippen LogP) is 0.142. The van der Waals surface area contributed by atoms with Gasteiger partial charge in [-0.25, -0.2) is 13.1 Å². The van der Waals surface area contributed by atoms with Crippen LogP contribution in [0.3, 0.4) is 0 Å². The zero-order valence-electron chi connectivity index (χ0n) is 10.7. The molecule has 0 aromatic rings. The summed E-state index contributed by atoms with van der Waals surface area (Å²) in [4.78, 5) is 10.7. The van der Waals surface area contributed by atoms with Crippen LogP contribution in [0.15, 0.2) is 0 Å². The summed E-state index contributed by atoms with van der Waals surface area (Å²) in [6.07, 6.45) is 0.551. The zero-order valence-corrected chi connectivity index (χ0v) is 11.5. The highest BCUT2D eigenvalue weighted by Gasteiger charge is 2.35. The average molecular weight is 266 g/mol. The summed E-state index contributed by atoms with van der Waals surface area (Å²) in [6.45, 7) is 6.83. The van der Waals surface area contributed by atoms with Crippen LogP contribution in [0.2, 0.25) is 0 Å². The Balaban J connectivity index is 4.96. The second-order valence-electron chi connectivity index (χ2n) is 4.99. The lowest BCUT2D eigenvalue weighted by Gasteiger charge is -2.31. The molecule has 0 amide bonds. The molecule has 17 heavy (non-hydrogen) atoms. The molecule has 0 aliphatic heterocycles. The van der Waals surface area contributed by atoms with Crippen LogP contribution in [0, 0.1) is 5.92 Å². The highest BCUT2D eigenvalue weighted by Crippen LogP contribution is 2.17. The number of nitrogens with two attached hydrogens (primary N) is 1. The van der Waals surface area contributed by atoms with Gasteiger partial charge in [-0.05, 0) is 26.2 Å². The van der Waals surface area contributed by atoms with Gasteiger partial charge in [0.1, 0.15) is 0 Å². The summed E-state index contributed by atoms with van der Waals surface area (Å²) in [7, 11) is -3.90. The summed E-state index contributed by atoms with van der Waals surface area (Å²) in [6, 6.07) is 0. The summed E-state index contributed by atoms with van der Waals surface area (Å²) >= 11 is 0. The molecule has 6 nitrogen and oxygen atoms in total. The van der Waals surface area contributed by atoms with Crippen LogP contribution >= 0.6 is 0 Å². The maximum Gasteiger partial charge on any atom is 0.323 e. The molecular weight excluding hydrogens is 244 g/mol. The van der Waals surface area contributed by atoms with Crippen LogP contribution in [-0.2, 0) is 14.8 Å². The van der Waals surface area contributed by atoms with Crippen molar-refractivity contribution < 1.29 is 18.3 Å². The third kappa shape index (κ3) is 5.01. The van der Waals surface area contributed by atoms with Gasteiger partial charge in [0, 0.05) is 12.1 Å². The monoisotopic (exact) mass is 266 g/mol. The van der Waals surface area contributed by atoms with Crippen LogP contribution < -0.4 is 10.5 Å². The number of carboxylic acid groups (broad SMARTS) is 1. The first-order chi connectivity index (χ1) is 7.54. The molecule has 0 heterocycles. The fourth-order valence-corrected chi connectivity index (χ4v) is 2.93. The maximum absolute atomic E-state index is 11.8. The van der Waals surface area contributed by atoms with Crippen molar-refractivity contribution >= 4 is 16.0 Å². The topological polar surface area (TPSA) is 109 Å². The second-order valence-corrected chi connectivity index (χ2v) is 6.99. The molecule has 0 aromatic heterocycles. The van der Waals surface area contributed by atoms with Crippen LogP contribution in [0.25, 0.3) is 0 Å². The minimum Gasteiger partial charge on any atom is -0.480 e. The van der Waals surface area contributed by atoms with Crippen molar-refractivity contribution in [2.75, 3.05) is 6.54 Å². The van der Waals surface area contributed by atoms with Gasteiger partial charge in [-0.3, -0.25) is 4.79 Å². The lowest BCUT2D eigenvalue weighted by Crippen LogP contribution is -2.55. The number of hydrogen-bond donors (Lipinski definition) is 3. The molecule has 0 aliphatic carbocycles. The van der Waals surface area contributed by atoms with E-state index in [-0.39, 0.29) is 12.5 Å². The Morgan fingerprint density at radius 1 is 1.41 bits per heavy atom. The molecule has 0 bridgehead atoms. The molecule has 102 valence electrons. The summed E-state index contributed by atoms with van der Waals surface area (Å²) in [5, 5.41) is 7.23. The van der Waals surface area contributed by atoms with Gasteiger partial charge in [0.05, 0.1) is 0 Å². The van der Waals surface area contributed by atoms with E-state index in [0.29, 0.717) is 6.42 Å². The fraction of sp³-hybridized carbons (Fsp3) is 0.900. The van der Waals surface area contributed by atoms with E-state index in [1.807, 2.05) is 13.8 Å². The molecule has 0 aliphatic rings. The third-order valence-corrected chi connectivity index (χ3v) is 4.42. The van der Waals surface area contributed by atoms with Crippen molar-refractivity contribution in [1.82, 2.24) is 4.72 Å². The fourth-order valence-electron chi connectivity index (χ4n) is 1.63. The molecule has 0 spiro atoms. The van der Waals surface area contributed by atoms with Gasteiger partial charge in [-0.2, -0.15) is 0 Å². The Morgan fingerprint density at radius 2 is 1.88 bits per heavy atom. The number of rotatable bonds is 7. The van der Waals surface area contributed by atoms with E-state index in [1.54, 1.807) is 6.92 Å². The third-order valence-electron chi connectivity index (χ3n) is 2.51. The normalized spacial score (nSPS) is 17.8. The maximum atomic E-state index is 11.8. The van der Waals surface area contributed by atoms with E-state index >= 15 is 0 Å². The van der Waals surface area contributed by atoms with E-state index in [1.165, 1.54) is 0 Å². The first-order valence-corrected chi connectivity index (χ1v) is 7.04. The number of carboxylic acids is 1. The van der Waals surface area contributed by atoms with E-state index in [2.05, 4.69) is 4.72 Å². The van der Waals surface area contributed by atoms with E-state index in [4.69, 9.17) is 10.8 Å². The summed E-state index contributed by atoms with van der Waals surface area (Å²) in [5.74, 6) is -1.12. The Kier molecular flexibility index (Phi) is 5.57. The van der Waals surface area contributed by atoms with Crippen molar-refractivity contribution in [1.29, 1.82) is 0 Å². The highest BCUT2D eigenvalue weighted by atomic mass is 32.2. The van der Waals surface area contributed by atoms with Crippen molar-refractivity contribution in [2.24, 2.45) is 11.7 Å². The Labute approximate surface area is 103 Å². The van der Waals surface area contributed by atoms with Gasteiger partial charge in [-0.15, -0.1) is 0 Å². The van der Waals surface area contributed by atoms with E-state index in [0.717, 1.165) is 6.92 Å². The SMILES string of the molecule is CC(C)CC(C)(CN)NS(=O)(=O)C(C)C(=O)O. The Hall–Kier alpha value is -0.660. The predicted molar refractivity (Wildman–Crippen MR) is 66.1 cm³/mol. The molecule has 2 atom stereocenters. The lowest BCUT2D eigenvalue weighted by molar-refractivity contribution is -0.136. The summed E-state index contributed by atoms with van der Waals surface area (Å²) < 4.78 is 26.0. The standard InChI is InChI=1S/C10H22N2O4S/c1-7(2)5-10(4,6-11)12-17(15,16)8(3)9(13)14/h7-8,12H,5-6,11H2,1-4H3,(H,13,14). The van der Waals surface area contributed by atoms with Crippen LogP contribution in [-0.4, -0.2) is 36.8 Å². The minimum absolute atomic E-state index is 0.122. The van der Waals surface area contributed by atoms with Gasteiger partial charge in [-0.1, -0.05) is 13.8 Å². The van der Waals surface area contributed by atoms with Crippen molar-refractivity contribution in [3.05, 3.63) is 0 Å². The van der Waals surface area contributed by atoms with Crippen LogP contribution in [0.1, 0.15) is 34.1 Å². The van der Waals surface area contributed by atoms with Crippen molar-refractivity contribution in [3.63, 3.8) is 0 Å². The Bertz CT molecular complexity index is 367. The van der Waals surface area contributed by atoms with Gasteiger partial charge in [0.15, 0.2) is 5.25 Å². The van der Waals surface area contributed by atoms with E-state index in [9.17, 15) is 13.2 Å². The van der Waals surface area contributed by atoms with Crippen molar-refractivity contribution in [2.45, 2.75) is 44.9 Å².